The summed E-state index contributed by atoms with van der Waals surface area (Å²) in [7, 11) is 1.29. The van der Waals surface area contributed by atoms with Gasteiger partial charge in [0.05, 0.1) is 12.7 Å². The maximum absolute atomic E-state index is 13.7. The van der Waals surface area contributed by atoms with Crippen LogP contribution < -0.4 is 4.74 Å². The summed E-state index contributed by atoms with van der Waals surface area (Å²) in [4.78, 5) is 12.1. The average molecular weight is 280 g/mol. The number of methoxy groups -OCH3 is 1. The monoisotopic (exact) mass is 280 g/mol. The zero-order valence-electron chi connectivity index (χ0n) is 10.8. The predicted octanol–water partition coefficient (Wildman–Crippen LogP) is 3.65. The maximum atomic E-state index is 13.7. The third-order valence-electron chi connectivity index (χ3n) is 2.91. The fourth-order valence-electron chi connectivity index (χ4n) is 1.78. The third-order valence-corrected chi connectivity index (χ3v) is 2.91. The molecule has 0 aromatic heterocycles. The molecular formula is C15H11F3O2. The Morgan fingerprint density at radius 1 is 1.00 bits per heavy atom. The number of carbonyl (C=O) groups is 1. The third kappa shape index (κ3) is 2.52. The van der Waals surface area contributed by atoms with Gasteiger partial charge in [-0.2, -0.15) is 0 Å². The largest absolute Gasteiger partial charge is 0.494 e. The number of aryl methyl sites for hydroxylation is 1. The summed E-state index contributed by atoms with van der Waals surface area (Å²) < 4.78 is 45.4. The van der Waals surface area contributed by atoms with Gasteiger partial charge in [0, 0.05) is 5.56 Å². The lowest BCUT2D eigenvalue weighted by molar-refractivity contribution is 0.103. The van der Waals surface area contributed by atoms with Crippen LogP contribution >= 0.6 is 0 Å². The first kappa shape index (κ1) is 14.1. The van der Waals surface area contributed by atoms with Gasteiger partial charge in [0.15, 0.2) is 17.3 Å². The molecule has 0 aliphatic rings. The number of benzene rings is 2. The lowest BCUT2D eigenvalue weighted by Crippen LogP contribution is -2.06. The van der Waals surface area contributed by atoms with Crippen molar-refractivity contribution < 1.29 is 22.7 Å². The maximum Gasteiger partial charge on any atom is 0.196 e. The lowest BCUT2D eigenvalue weighted by atomic mass is 10.0. The van der Waals surface area contributed by atoms with Crippen molar-refractivity contribution >= 4 is 5.78 Å². The van der Waals surface area contributed by atoms with Crippen LogP contribution in [0.25, 0.3) is 0 Å². The van der Waals surface area contributed by atoms with Crippen molar-refractivity contribution in [2.45, 2.75) is 6.92 Å². The van der Waals surface area contributed by atoms with Crippen LogP contribution in [-0.4, -0.2) is 12.9 Å². The Labute approximate surface area is 113 Å². The summed E-state index contributed by atoms with van der Waals surface area (Å²) >= 11 is 0. The van der Waals surface area contributed by atoms with E-state index in [1.807, 2.05) is 0 Å². The van der Waals surface area contributed by atoms with Gasteiger partial charge in [-0.3, -0.25) is 4.79 Å². The second-order valence-electron chi connectivity index (χ2n) is 4.26. The molecule has 2 aromatic carbocycles. The molecule has 0 bridgehead atoms. The van der Waals surface area contributed by atoms with Gasteiger partial charge < -0.3 is 4.74 Å². The fourth-order valence-corrected chi connectivity index (χ4v) is 1.78. The van der Waals surface area contributed by atoms with Crippen molar-refractivity contribution in [2.24, 2.45) is 0 Å². The number of halogens is 3. The Balaban J connectivity index is 2.46. The minimum atomic E-state index is -0.842. The van der Waals surface area contributed by atoms with E-state index in [2.05, 4.69) is 0 Å². The molecule has 0 spiro atoms. The molecule has 2 rings (SSSR count). The molecule has 0 aliphatic heterocycles. The first-order chi connectivity index (χ1) is 9.43. The summed E-state index contributed by atoms with van der Waals surface area (Å²) in [5.41, 5.74) is -0.414. The number of hydrogen-bond donors (Lipinski definition) is 0. The van der Waals surface area contributed by atoms with Crippen LogP contribution in [0.1, 0.15) is 21.5 Å². The quantitative estimate of drug-likeness (QED) is 0.802. The van der Waals surface area contributed by atoms with Gasteiger partial charge in [0.2, 0.25) is 0 Å². The molecule has 0 radical (unpaired) electrons. The average Bonchev–Trinajstić information content (AvgIpc) is 2.42. The number of carbonyl (C=O) groups excluding carboxylic acids is 1. The van der Waals surface area contributed by atoms with Crippen molar-refractivity contribution in [3.05, 3.63) is 64.5 Å². The molecule has 0 amide bonds. The van der Waals surface area contributed by atoms with Gasteiger partial charge in [0.25, 0.3) is 0 Å². The van der Waals surface area contributed by atoms with Crippen molar-refractivity contribution in [1.82, 2.24) is 0 Å². The van der Waals surface area contributed by atoms with Crippen LogP contribution in [0.4, 0.5) is 13.2 Å². The van der Waals surface area contributed by atoms with E-state index in [-0.39, 0.29) is 16.9 Å². The Morgan fingerprint density at radius 3 is 2.30 bits per heavy atom. The molecule has 5 heteroatoms. The predicted molar refractivity (Wildman–Crippen MR) is 67.5 cm³/mol. The van der Waals surface area contributed by atoms with E-state index >= 15 is 0 Å². The molecule has 20 heavy (non-hydrogen) atoms. The Bertz CT molecular complexity index is 681. The van der Waals surface area contributed by atoms with Crippen molar-refractivity contribution in [3.63, 3.8) is 0 Å². The van der Waals surface area contributed by atoms with Crippen molar-refractivity contribution in [3.8, 4) is 5.75 Å². The van der Waals surface area contributed by atoms with Crippen molar-refractivity contribution in [1.29, 1.82) is 0 Å². The van der Waals surface area contributed by atoms with Crippen LogP contribution in [0.15, 0.2) is 30.3 Å². The highest BCUT2D eigenvalue weighted by atomic mass is 19.1. The summed E-state index contributed by atoms with van der Waals surface area (Å²) in [6.07, 6.45) is 0. The molecular weight excluding hydrogens is 269 g/mol. The first-order valence-corrected chi connectivity index (χ1v) is 5.78. The fraction of sp³-hybridized carbons (Fsp3) is 0.133. The van der Waals surface area contributed by atoms with E-state index in [1.165, 1.54) is 26.2 Å². The van der Waals surface area contributed by atoms with Gasteiger partial charge in [-0.15, -0.1) is 0 Å². The second-order valence-corrected chi connectivity index (χ2v) is 4.26. The van der Waals surface area contributed by atoms with Gasteiger partial charge in [0.1, 0.15) is 11.6 Å². The SMILES string of the molecule is COc1ccc(C(=O)c2cc(F)c(C)cc2F)cc1F. The van der Waals surface area contributed by atoms with E-state index in [1.54, 1.807) is 0 Å². The molecule has 2 nitrogen and oxygen atoms in total. The van der Waals surface area contributed by atoms with E-state index < -0.39 is 28.8 Å². The van der Waals surface area contributed by atoms with E-state index in [9.17, 15) is 18.0 Å². The molecule has 0 saturated carbocycles. The first-order valence-electron chi connectivity index (χ1n) is 5.78. The van der Waals surface area contributed by atoms with Gasteiger partial charge in [-0.05, 0) is 42.8 Å². The number of ether oxygens (including phenoxy) is 1. The van der Waals surface area contributed by atoms with Crippen LogP contribution in [0.5, 0.6) is 5.75 Å². The standard InChI is InChI=1S/C15H11F3O2/c1-8-5-12(17)10(7-11(8)16)15(19)9-3-4-14(20-2)13(18)6-9/h3-7H,1-2H3. The van der Waals surface area contributed by atoms with Gasteiger partial charge >= 0.3 is 0 Å². The molecule has 0 fully saturated rings. The second kappa shape index (κ2) is 5.36. The Hall–Kier alpha value is -2.30. The molecule has 0 atom stereocenters. The minimum absolute atomic E-state index is 0.0305. The lowest BCUT2D eigenvalue weighted by Gasteiger charge is -2.07. The number of rotatable bonds is 3. The van der Waals surface area contributed by atoms with E-state index in [0.29, 0.717) is 0 Å². The van der Waals surface area contributed by atoms with Gasteiger partial charge in [-0.25, -0.2) is 13.2 Å². The number of hydrogen-bond acceptors (Lipinski definition) is 2. The Morgan fingerprint density at radius 2 is 1.70 bits per heavy atom. The van der Waals surface area contributed by atoms with E-state index in [4.69, 9.17) is 4.74 Å². The summed E-state index contributed by atoms with van der Waals surface area (Å²) in [5, 5.41) is 0. The zero-order chi connectivity index (χ0) is 14.9. The van der Waals surface area contributed by atoms with Crippen molar-refractivity contribution in [2.75, 3.05) is 7.11 Å². The summed E-state index contributed by atoms with van der Waals surface area (Å²) in [6.45, 7) is 1.39. The topological polar surface area (TPSA) is 26.3 Å². The van der Waals surface area contributed by atoms with Crippen LogP contribution in [0.2, 0.25) is 0 Å². The highest BCUT2D eigenvalue weighted by Crippen LogP contribution is 2.22. The normalized spacial score (nSPS) is 10.4. The minimum Gasteiger partial charge on any atom is -0.494 e. The molecule has 0 unspecified atom stereocenters. The molecule has 104 valence electrons. The van der Waals surface area contributed by atoms with Gasteiger partial charge in [-0.1, -0.05) is 0 Å². The summed E-state index contributed by atoms with van der Waals surface area (Å²) in [6, 6.07) is 5.22. The zero-order valence-corrected chi connectivity index (χ0v) is 10.8. The highest BCUT2D eigenvalue weighted by Gasteiger charge is 2.18. The molecule has 2 aromatic rings. The molecule has 0 saturated heterocycles. The number of ketones is 1. The highest BCUT2D eigenvalue weighted by molar-refractivity contribution is 6.09. The van der Waals surface area contributed by atoms with E-state index in [0.717, 1.165) is 18.2 Å². The smallest absolute Gasteiger partial charge is 0.196 e. The summed E-state index contributed by atoms with van der Waals surface area (Å²) in [5.74, 6) is -3.10. The van der Waals surface area contributed by atoms with Crippen LogP contribution in [-0.2, 0) is 0 Å². The molecule has 0 heterocycles. The molecule has 0 aliphatic carbocycles. The van der Waals surface area contributed by atoms with Crippen LogP contribution in [0, 0.1) is 24.4 Å². The Kier molecular flexibility index (Phi) is 3.79. The molecule has 0 N–H and O–H groups in total. The van der Waals surface area contributed by atoms with Crippen LogP contribution in [0.3, 0.4) is 0 Å².